The van der Waals surface area contributed by atoms with Gasteiger partial charge in [-0.25, -0.2) is 8.42 Å². The van der Waals surface area contributed by atoms with Crippen molar-refractivity contribution in [3.05, 3.63) is 28.7 Å². The van der Waals surface area contributed by atoms with Gasteiger partial charge in [0.25, 0.3) is 0 Å². The molecule has 0 aliphatic heterocycles. The molecule has 0 spiro atoms. The van der Waals surface area contributed by atoms with Crippen LogP contribution >= 0.6 is 15.9 Å². The van der Waals surface area contributed by atoms with Crippen molar-refractivity contribution in [1.29, 1.82) is 0 Å². The van der Waals surface area contributed by atoms with Crippen LogP contribution in [-0.4, -0.2) is 59.2 Å². The summed E-state index contributed by atoms with van der Waals surface area (Å²) in [5.41, 5.74) is 0.459. The van der Waals surface area contributed by atoms with Crippen LogP contribution in [0.1, 0.15) is 6.42 Å². The summed E-state index contributed by atoms with van der Waals surface area (Å²) in [6.45, 7) is 1.16. The molecular formula is C14H22BrN3O3S. The number of rotatable bonds is 8. The molecule has 0 atom stereocenters. The molecule has 0 saturated carbocycles. The molecule has 0 aromatic heterocycles. The maximum absolute atomic E-state index is 12.0. The zero-order chi connectivity index (χ0) is 16.8. The van der Waals surface area contributed by atoms with Crippen molar-refractivity contribution in [3.8, 4) is 0 Å². The number of sulfonamides is 1. The van der Waals surface area contributed by atoms with Crippen molar-refractivity contribution < 1.29 is 13.2 Å². The molecule has 0 fully saturated rings. The van der Waals surface area contributed by atoms with Crippen LogP contribution in [0.3, 0.4) is 0 Å². The highest BCUT2D eigenvalue weighted by molar-refractivity contribution is 9.10. The summed E-state index contributed by atoms with van der Waals surface area (Å²) in [6, 6.07) is 6.85. The highest BCUT2D eigenvalue weighted by Crippen LogP contribution is 2.21. The molecule has 0 aliphatic carbocycles. The summed E-state index contributed by atoms with van der Waals surface area (Å²) in [4.78, 5) is 14.0. The van der Waals surface area contributed by atoms with Gasteiger partial charge >= 0.3 is 0 Å². The minimum atomic E-state index is -3.53. The molecule has 0 unspecified atom stereocenters. The summed E-state index contributed by atoms with van der Waals surface area (Å²) < 4.78 is 25.7. The van der Waals surface area contributed by atoms with Crippen LogP contribution in [0.2, 0.25) is 0 Å². The van der Waals surface area contributed by atoms with Crippen LogP contribution in [0.15, 0.2) is 28.7 Å². The van der Waals surface area contributed by atoms with E-state index >= 15 is 0 Å². The number of carbonyl (C=O) groups is 1. The van der Waals surface area contributed by atoms with E-state index in [4.69, 9.17) is 0 Å². The van der Waals surface area contributed by atoms with Crippen molar-refractivity contribution in [2.24, 2.45) is 0 Å². The number of nitrogens with zero attached hydrogens (tertiary/aromatic N) is 2. The fourth-order valence-corrected chi connectivity index (χ4v) is 3.08. The van der Waals surface area contributed by atoms with Gasteiger partial charge in [0.1, 0.15) is 6.54 Å². The largest absolute Gasteiger partial charge is 0.354 e. The quantitative estimate of drug-likeness (QED) is 0.677. The zero-order valence-corrected chi connectivity index (χ0v) is 15.4. The fraction of sp³-hybridized carbons (Fsp3) is 0.500. The first-order chi connectivity index (χ1) is 10.2. The number of carbonyl (C=O) groups excluding carboxylic acids is 1. The van der Waals surface area contributed by atoms with E-state index in [1.54, 1.807) is 24.3 Å². The molecule has 124 valence electrons. The molecule has 1 amide bonds. The monoisotopic (exact) mass is 391 g/mol. The van der Waals surface area contributed by atoms with Crippen LogP contribution in [0.25, 0.3) is 0 Å². The number of halogens is 1. The number of amides is 1. The highest BCUT2D eigenvalue weighted by atomic mass is 79.9. The number of nitrogens with one attached hydrogen (secondary N) is 1. The van der Waals surface area contributed by atoms with Gasteiger partial charge in [0.05, 0.1) is 11.9 Å². The smallest absolute Gasteiger partial charge is 0.240 e. The van der Waals surface area contributed by atoms with Gasteiger partial charge in [-0.3, -0.25) is 9.10 Å². The summed E-state index contributed by atoms with van der Waals surface area (Å²) >= 11 is 3.30. The molecule has 0 aliphatic rings. The van der Waals surface area contributed by atoms with Crippen molar-refractivity contribution in [1.82, 2.24) is 10.2 Å². The molecule has 22 heavy (non-hydrogen) atoms. The van der Waals surface area contributed by atoms with E-state index in [2.05, 4.69) is 21.2 Å². The van der Waals surface area contributed by atoms with Gasteiger partial charge in [0, 0.05) is 11.0 Å². The van der Waals surface area contributed by atoms with Gasteiger partial charge in [0.2, 0.25) is 15.9 Å². The second kappa shape index (κ2) is 8.50. The van der Waals surface area contributed by atoms with E-state index in [0.717, 1.165) is 28.0 Å². The Hall–Kier alpha value is -1.12. The third-order valence-electron chi connectivity index (χ3n) is 2.89. The minimum absolute atomic E-state index is 0.225. The van der Waals surface area contributed by atoms with E-state index < -0.39 is 10.0 Å². The lowest BCUT2D eigenvalue weighted by molar-refractivity contribution is -0.119. The van der Waals surface area contributed by atoms with Gasteiger partial charge in [-0.2, -0.15) is 0 Å². The van der Waals surface area contributed by atoms with Crippen molar-refractivity contribution in [2.45, 2.75) is 6.42 Å². The molecule has 0 bridgehead atoms. The van der Waals surface area contributed by atoms with Gasteiger partial charge in [-0.15, -0.1) is 0 Å². The first-order valence-corrected chi connectivity index (χ1v) is 9.49. The van der Waals surface area contributed by atoms with Gasteiger partial charge in [-0.1, -0.05) is 22.0 Å². The summed E-state index contributed by atoms with van der Waals surface area (Å²) in [5, 5.41) is 2.74. The van der Waals surface area contributed by atoms with Crippen molar-refractivity contribution >= 4 is 37.5 Å². The van der Waals surface area contributed by atoms with Crippen molar-refractivity contribution in [3.63, 3.8) is 0 Å². The highest BCUT2D eigenvalue weighted by Gasteiger charge is 2.20. The molecule has 0 radical (unpaired) electrons. The Labute approximate surface area is 140 Å². The molecular weight excluding hydrogens is 370 g/mol. The Bertz CT molecular complexity index is 605. The standard InChI is InChI=1S/C14H22BrN3O3S/c1-17(2)9-5-8-16-14(19)11-18(22(3,20)21)13-7-4-6-12(15)10-13/h4,6-7,10H,5,8-9,11H2,1-3H3,(H,16,19). The van der Waals surface area contributed by atoms with Crippen LogP contribution < -0.4 is 9.62 Å². The van der Waals surface area contributed by atoms with Crippen LogP contribution in [0.4, 0.5) is 5.69 Å². The van der Waals surface area contributed by atoms with Gasteiger partial charge in [0.15, 0.2) is 0 Å². The zero-order valence-electron chi connectivity index (χ0n) is 13.0. The Kier molecular flexibility index (Phi) is 7.31. The summed E-state index contributed by atoms with van der Waals surface area (Å²) in [7, 11) is 0.387. The van der Waals surface area contributed by atoms with Crippen LogP contribution in [-0.2, 0) is 14.8 Å². The van der Waals surface area contributed by atoms with Crippen molar-refractivity contribution in [2.75, 3.05) is 44.3 Å². The number of hydrogen-bond donors (Lipinski definition) is 1. The van der Waals surface area contributed by atoms with Crippen LogP contribution in [0, 0.1) is 0 Å². The Morgan fingerprint density at radius 2 is 2.00 bits per heavy atom. The van der Waals surface area contributed by atoms with E-state index in [1.807, 2.05) is 19.0 Å². The molecule has 0 heterocycles. The Balaban J connectivity index is 2.69. The lowest BCUT2D eigenvalue weighted by atomic mass is 10.3. The summed E-state index contributed by atoms with van der Waals surface area (Å²) in [6.07, 6.45) is 1.90. The predicted molar refractivity (Wildman–Crippen MR) is 92.5 cm³/mol. The predicted octanol–water partition coefficient (Wildman–Crippen LogP) is 1.28. The molecule has 1 aromatic carbocycles. The second-order valence-electron chi connectivity index (χ2n) is 5.26. The minimum Gasteiger partial charge on any atom is -0.354 e. The second-order valence-corrected chi connectivity index (χ2v) is 8.08. The van der Waals surface area contributed by atoms with Gasteiger partial charge in [-0.05, 0) is 45.3 Å². The molecule has 6 nitrogen and oxygen atoms in total. The maximum Gasteiger partial charge on any atom is 0.240 e. The third-order valence-corrected chi connectivity index (χ3v) is 4.52. The molecule has 1 N–H and O–H groups in total. The normalized spacial score (nSPS) is 11.5. The first kappa shape index (κ1) is 18.9. The Morgan fingerprint density at radius 3 is 2.55 bits per heavy atom. The SMILES string of the molecule is CN(C)CCCNC(=O)CN(c1cccc(Br)c1)S(C)(=O)=O. The lowest BCUT2D eigenvalue weighted by Gasteiger charge is -2.22. The fourth-order valence-electron chi connectivity index (χ4n) is 1.84. The lowest BCUT2D eigenvalue weighted by Crippen LogP contribution is -2.41. The average molecular weight is 392 g/mol. The topological polar surface area (TPSA) is 69.7 Å². The number of hydrogen-bond acceptors (Lipinski definition) is 4. The Morgan fingerprint density at radius 1 is 1.32 bits per heavy atom. The molecule has 1 rings (SSSR count). The van der Waals surface area contributed by atoms with E-state index in [9.17, 15) is 13.2 Å². The third kappa shape index (κ3) is 6.76. The number of anilines is 1. The average Bonchev–Trinajstić information content (AvgIpc) is 2.39. The summed E-state index contributed by atoms with van der Waals surface area (Å²) in [5.74, 6) is -0.316. The molecule has 1 aromatic rings. The van der Waals surface area contributed by atoms with E-state index in [-0.39, 0.29) is 12.5 Å². The first-order valence-electron chi connectivity index (χ1n) is 6.85. The van der Waals surface area contributed by atoms with Crippen LogP contribution in [0.5, 0.6) is 0 Å². The molecule has 8 heteroatoms. The van der Waals surface area contributed by atoms with Gasteiger partial charge < -0.3 is 10.2 Å². The molecule has 0 saturated heterocycles. The maximum atomic E-state index is 12.0. The van der Waals surface area contributed by atoms with E-state index in [1.165, 1.54) is 0 Å². The number of benzene rings is 1. The van der Waals surface area contributed by atoms with E-state index in [0.29, 0.717) is 12.2 Å².